The van der Waals surface area contributed by atoms with Crippen LogP contribution in [0, 0.1) is 17.8 Å². The van der Waals surface area contributed by atoms with E-state index in [2.05, 4.69) is 10.1 Å². The van der Waals surface area contributed by atoms with E-state index in [0.717, 1.165) is 19.3 Å². The maximum absolute atomic E-state index is 11.6. The molecule has 2 aliphatic rings. The second-order valence-corrected chi connectivity index (χ2v) is 5.17. The van der Waals surface area contributed by atoms with Gasteiger partial charge in [-0.1, -0.05) is 0 Å². The van der Waals surface area contributed by atoms with Crippen molar-refractivity contribution in [3.8, 4) is 0 Å². The van der Waals surface area contributed by atoms with Gasteiger partial charge in [0, 0.05) is 6.04 Å². The third-order valence-corrected chi connectivity index (χ3v) is 4.09. The smallest absolute Gasteiger partial charge is 0.396 e. The number of amides is 1. The number of esters is 2. The van der Waals surface area contributed by atoms with Gasteiger partial charge in [-0.15, -0.1) is 0 Å². The Balaban J connectivity index is 1.94. The van der Waals surface area contributed by atoms with Crippen LogP contribution < -0.4 is 5.32 Å². The summed E-state index contributed by atoms with van der Waals surface area (Å²) in [6.07, 6.45) is 2.56. The summed E-state index contributed by atoms with van der Waals surface area (Å²) < 4.78 is 9.43. The molecule has 0 aromatic carbocycles. The zero-order chi connectivity index (χ0) is 14.0. The van der Waals surface area contributed by atoms with Crippen molar-refractivity contribution >= 4 is 17.8 Å². The van der Waals surface area contributed by atoms with Gasteiger partial charge >= 0.3 is 17.8 Å². The monoisotopic (exact) mass is 269 g/mol. The largest absolute Gasteiger partial charge is 0.469 e. The van der Waals surface area contributed by atoms with E-state index in [1.807, 2.05) is 0 Å². The van der Waals surface area contributed by atoms with Crippen molar-refractivity contribution in [1.29, 1.82) is 0 Å². The summed E-state index contributed by atoms with van der Waals surface area (Å²) in [4.78, 5) is 34.5. The van der Waals surface area contributed by atoms with E-state index in [1.54, 1.807) is 6.92 Å². The third-order valence-electron chi connectivity index (χ3n) is 4.09. The van der Waals surface area contributed by atoms with Crippen LogP contribution in [0.3, 0.4) is 0 Å². The zero-order valence-electron chi connectivity index (χ0n) is 11.2. The van der Waals surface area contributed by atoms with Crippen LogP contribution in [-0.4, -0.2) is 37.6 Å². The normalized spacial score (nSPS) is 31.9. The Morgan fingerprint density at radius 1 is 1.21 bits per heavy atom. The molecule has 0 spiro atoms. The van der Waals surface area contributed by atoms with Gasteiger partial charge in [-0.05, 0) is 38.0 Å². The van der Waals surface area contributed by atoms with E-state index in [0.29, 0.717) is 5.92 Å². The van der Waals surface area contributed by atoms with E-state index >= 15 is 0 Å². The molecule has 6 nitrogen and oxygen atoms in total. The first-order valence-corrected chi connectivity index (χ1v) is 6.62. The van der Waals surface area contributed by atoms with Crippen LogP contribution in [0.25, 0.3) is 0 Å². The van der Waals surface area contributed by atoms with Crippen molar-refractivity contribution in [2.24, 2.45) is 17.8 Å². The van der Waals surface area contributed by atoms with Crippen LogP contribution in [0.5, 0.6) is 0 Å². The Morgan fingerprint density at radius 3 is 2.53 bits per heavy atom. The lowest BCUT2D eigenvalue weighted by atomic mass is 9.85. The van der Waals surface area contributed by atoms with Crippen molar-refractivity contribution in [3.63, 3.8) is 0 Å². The molecule has 4 unspecified atom stereocenters. The van der Waals surface area contributed by atoms with Crippen LogP contribution in [0.15, 0.2) is 0 Å². The van der Waals surface area contributed by atoms with Gasteiger partial charge < -0.3 is 14.8 Å². The Bertz CT molecular complexity index is 394. The number of carbonyl (C=O) groups is 3. The summed E-state index contributed by atoms with van der Waals surface area (Å²) >= 11 is 0. The lowest BCUT2D eigenvalue weighted by Crippen LogP contribution is -2.46. The van der Waals surface area contributed by atoms with Crippen molar-refractivity contribution in [2.75, 3.05) is 13.7 Å². The number of methoxy groups -OCH3 is 1. The first-order valence-electron chi connectivity index (χ1n) is 6.62. The average molecular weight is 269 g/mol. The van der Waals surface area contributed by atoms with Crippen molar-refractivity contribution < 1.29 is 23.9 Å². The lowest BCUT2D eigenvalue weighted by Gasteiger charge is -2.28. The molecule has 0 saturated heterocycles. The van der Waals surface area contributed by atoms with E-state index < -0.39 is 11.9 Å². The molecule has 1 N–H and O–H groups in total. The van der Waals surface area contributed by atoms with Gasteiger partial charge in [-0.2, -0.15) is 0 Å². The van der Waals surface area contributed by atoms with Gasteiger partial charge in [-0.3, -0.25) is 9.59 Å². The van der Waals surface area contributed by atoms with Crippen LogP contribution in [0.4, 0.5) is 0 Å². The van der Waals surface area contributed by atoms with Gasteiger partial charge in [-0.25, -0.2) is 4.79 Å². The van der Waals surface area contributed by atoms with Crippen LogP contribution in [-0.2, 0) is 23.9 Å². The average Bonchev–Trinajstić information content (AvgIpc) is 2.97. The van der Waals surface area contributed by atoms with Gasteiger partial charge in [0.1, 0.15) is 0 Å². The number of carbonyl (C=O) groups excluding carboxylic acids is 3. The first kappa shape index (κ1) is 13.8. The molecule has 0 aromatic rings. The lowest BCUT2D eigenvalue weighted by molar-refractivity contribution is -0.155. The molecule has 2 bridgehead atoms. The zero-order valence-corrected chi connectivity index (χ0v) is 11.2. The first-order chi connectivity index (χ1) is 9.06. The predicted octanol–water partition coefficient (Wildman–Crippen LogP) is 0.253. The number of hydrogen-bond acceptors (Lipinski definition) is 5. The highest BCUT2D eigenvalue weighted by atomic mass is 16.5. The standard InChI is InChI=1S/C13H19NO5/c1-3-19-13(17)11(15)14-10-6-7-4-8(10)9(5-7)12(16)18-2/h7-10H,3-6H2,1-2H3,(H,14,15). The number of hydrogen-bond donors (Lipinski definition) is 1. The van der Waals surface area contributed by atoms with Crippen LogP contribution in [0.1, 0.15) is 26.2 Å². The Morgan fingerprint density at radius 2 is 1.95 bits per heavy atom. The number of fused-ring (bicyclic) bond motifs is 2. The van der Waals surface area contributed by atoms with Gasteiger partial charge in [0.15, 0.2) is 0 Å². The van der Waals surface area contributed by atoms with Crippen molar-refractivity contribution in [2.45, 2.75) is 32.2 Å². The van der Waals surface area contributed by atoms with E-state index in [4.69, 9.17) is 4.74 Å². The SMILES string of the molecule is CCOC(=O)C(=O)NC1CC2CC(C(=O)OC)C1C2. The fourth-order valence-electron chi connectivity index (χ4n) is 3.36. The molecule has 106 valence electrons. The molecule has 2 fully saturated rings. The highest BCUT2D eigenvalue weighted by molar-refractivity contribution is 6.32. The molecular formula is C13H19NO5. The summed E-state index contributed by atoms with van der Waals surface area (Å²) in [5.74, 6) is -1.45. The fourth-order valence-corrected chi connectivity index (χ4v) is 3.36. The maximum Gasteiger partial charge on any atom is 0.396 e. The minimum atomic E-state index is -0.861. The second kappa shape index (κ2) is 5.59. The summed E-state index contributed by atoms with van der Waals surface area (Å²) in [7, 11) is 1.38. The van der Waals surface area contributed by atoms with Gasteiger partial charge in [0.2, 0.25) is 0 Å². The van der Waals surface area contributed by atoms with E-state index in [-0.39, 0.29) is 30.5 Å². The molecule has 4 atom stereocenters. The fraction of sp³-hybridized carbons (Fsp3) is 0.769. The van der Waals surface area contributed by atoms with E-state index in [9.17, 15) is 14.4 Å². The quantitative estimate of drug-likeness (QED) is 0.587. The molecule has 2 aliphatic carbocycles. The summed E-state index contributed by atoms with van der Waals surface area (Å²) in [5, 5.41) is 2.68. The topological polar surface area (TPSA) is 81.7 Å². The molecule has 6 heteroatoms. The molecule has 19 heavy (non-hydrogen) atoms. The minimum absolute atomic E-state index is 0.0795. The Hall–Kier alpha value is -1.59. The molecule has 0 aliphatic heterocycles. The molecule has 0 aromatic heterocycles. The molecule has 0 heterocycles. The van der Waals surface area contributed by atoms with Crippen LogP contribution >= 0.6 is 0 Å². The maximum atomic E-state index is 11.6. The molecule has 2 saturated carbocycles. The van der Waals surface area contributed by atoms with Gasteiger partial charge in [0.05, 0.1) is 19.6 Å². The Labute approximate surface area is 111 Å². The molecule has 0 radical (unpaired) electrons. The minimum Gasteiger partial charge on any atom is -0.469 e. The van der Waals surface area contributed by atoms with Crippen molar-refractivity contribution in [1.82, 2.24) is 5.32 Å². The summed E-state index contributed by atoms with van der Waals surface area (Å²) in [6.45, 7) is 1.82. The molecule has 1 amide bonds. The van der Waals surface area contributed by atoms with Gasteiger partial charge in [0.25, 0.3) is 0 Å². The summed E-state index contributed by atoms with van der Waals surface area (Å²) in [5.41, 5.74) is 0. The Kier molecular flexibility index (Phi) is 4.07. The molecule has 2 rings (SSSR count). The predicted molar refractivity (Wildman–Crippen MR) is 64.9 cm³/mol. The highest BCUT2D eigenvalue weighted by Crippen LogP contribution is 2.48. The molecular weight excluding hydrogens is 250 g/mol. The number of nitrogens with one attached hydrogen (secondary N) is 1. The van der Waals surface area contributed by atoms with Crippen molar-refractivity contribution in [3.05, 3.63) is 0 Å². The summed E-state index contributed by atoms with van der Waals surface area (Å²) in [6, 6.07) is -0.125. The highest BCUT2D eigenvalue weighted by Gasteiger charge is 2.50. The number of rotatable bonds is 3. The second-order valence-electron chi connectivity index (χ2n) is 5.17. The third kappa shape index (κ3) is 2.72. The van der Waals surface area contributed by atoms with Crippen LogP contribution in [0.2, 0.25) is 0 Å². The van der Waals surface area contributed by atoms with E-state index in [1.165, 1.54) is 7.11 Å². The number of ether oxygens (including phenoxy) is 2.